The van der Waals surface area contributed by atoms with Crippen LogP contribution in [0.15, 0.2) is 83.7 Å². The number of hydrogen-bond acceptors (Lipinski definition) is 5. The number of para-hydroxylation sites is 2. The van der Waals surface area contributed by atoms with Gasteiger partial charge in [-0.25, -0.2) is 4.79 Å². The largest absolute Gasteiger partial charge is 0.326 e. The number of non-ortho nitro benzene ring substituents is 1. The molecule has 5 rings (SSSR count). The Morgan fingerprint density at radius 3 is 2.22 bits per heavy atom. The molecule has 0 bridgehead atoms. The number of benzene rings is 3. The van der Waals surface area contributed by atoms with Crippen LogP contribution in [0.1, 0.15) is 30.0 Å². The highest BCUT2D eigenvalue weighted by Gasteiger charge is 2.24. The van der Waals surface area contributed by atoms with Gasteiger partial charge in [0.15, 0.2) is 0 Å². The molecular weight excluding hydrogens is 454 g/mol. The third kappa shape index (κ3) is 5.56. The summed E-state index contributed by atoms with van der Waals surface area (Å²) in [6, 6.07) is 25.3. The predicted molar refractivity (Wildman–Crippen MR) is 141 cm³/mol. The number of rotatable bonds is 9. The lowest BCUT2D eigenvalue weighted by molar-refractivity contribution is -0.384. The summed E-state index contributed by atoms with van der Waals surface area (Å²) >= 11 is 0. The van der Waals surface area contributed by atoms with Crippen LogP contribution in [0.3, 0.4) is 0 Å². The van der Waals surface area contributed by atoms with E-state index in [4.69, 9.17) is 0 Å². The van der Waals surface area contributed by atoms with E-state index in [-0.39, 0.29) is 22.3 Å². The van der Waals surface area contributed by atoms with Crippen molar-refractivity contribution in [3.05, 3.63) is 111 Å². The summed E-state index contributed by atoms with van der Waals surface area (Å²) in [6.07, 6.45) is 1.89. The normalized spacial score (nSPS) is 15.0. The molecule has 186 valence electrons. The van der Waals surface area contributed by atoms with Gasteiger partial charge in [-0.2, -0.15) is 0 Å². The number of H-pyrrole nitrogens is 1. The molecular formula is C28H31N5O3. The maximum absolute atomic E-state index is 12.6. The van der Waals surface area contributed by atoms with E-state index in [2.05, 4.69) is 39.0 Å². The number of piperidine rings is 1. The minimum Gasteiger partial charge on any atom is -0.306 e. The fraction of sp³-hybridized carbons (Fsp3) is 0.321. The number of hydrogen-bond donors (Lipinski definition) is 1. The molecule has 4 aromatic rings. The van der Waals surface area contributed by atoms with Gasteiger partial charge in [0.2, 0.25) is 0 Å². The Balaban J connectivity index is 1.21. The molecule has 0 saturated carbocycles. The van der Waals surface area contributed by atoms with Crippen molar-refractivity contribution in [2.75, 3.05) is 26.2 Å². The van der Waals surface area contributed by atoms with Gasteiger partial charge in [-0.15, -0.1) is 0 Å². The molecule has 1 fully saturated rings. The van der Waals surface area contributed by atoms with E-state index in [9.17, 15) is 14.9 Å². The summed E-state index contributed by atoms with van der Waals surface area (Å²) in [5, 5.41) is 11.0. The van der Waals surface area contributed by atoms with Gasteiger partial charge in [0.05, 0.1) is 16.0 Å². The quantitative estimate of drug-likeness (QED) is 0.277. The fourth-order valence-electron chi connectivity index (χ4n) is 5.16. The van der Waals surface area contributed by atoms with Gasteiger partial charge in [0.1, 0.15) is 0 Å². The molecule has 0 amide bonds. The first-order chi connectivity index (χ1) is 17.6. The summed E-state index contributed by atoms with van der Waals surface area (Å²) in [5.74, 6) is 0. The van der Waals surface area contributed by atoms with Crippen LogP contribution in [-0.2, 0) is 13.1 Å². The molecule has 0 atom stereocenters. The van der Waals surface area contributed by atoms with Crippen LogP contribution < -0.4 is 5.69 Å². The SMILES string of the molecule is O=c1[nH]c2ccccc2n1C1CCN(CCN(Cc2ccccc2)Cc2ccc([N+](=O)[O-])cc2)CC1. The van der Waals surface area contributed by atoms with Crippen LogP contribution in [0.2, 0.25) is 0 Å². The molecule has 1 saturated heterocycles. The Bertz CT molecular complexity index is 1360. The van der Waals surface area contributed by atoms with Gasteiger partial charge in [0, 0.05) is 57.4 Å². The first-order valence-electron chi connectivity index (χ1n) is 12.5. The Kier molecular flexibility index (Phi) is 7.25. The van der Waals surface area contributed by atoms with E-state index < -0.39 is 0 Å². The van der Waals surface area contributed by atoms with Crippen LogP contribution in [-0.4, -0.2) is 50.5 Å². The zero-order chi connectivity index (χ0) is 24.9. The van der Waals surface area contributed by atoms with Crippen LogP contribution in [0.25, 0.3) is 11.0 Å². The Hall–Kier alpha value is -3.75. The summed E-state index contributed by atoms with van der Waals surface area (Å²) < 4.78 is 1.93. The van der Waals surface area contributed by atoms with Crippen LogP contribution in [0.5, 0.6) is 0 Å². The molecule has 0 unspecified atom stereocenters. The monoisotopic (exact) mass is 485 g/mol. The molecule has 36 heavy (non-hydrogen) atoms. The molecule has 0 spiro atoms. The molecule has 1 aromatic heterocycles. The fourth-order valence-corrected chi connectivity index (χ4v) is 5.16. The van der Waals surface area contributed by atoms with E-state index in [1.54, 1.807) is 12.1 Å². The third-order valence-electron chi connectivity index (χ3n) is 7.08. The van der Waals surface area contributed by atoms with E-state index in [1.165, 1.54) is 5.56 Å². The first-order valence-corrected chi connectivity index (χ1v) is 12.5. The number of aromatic amines is 1. The number of imidazole rings is 1. The lowest BCUT2D eigenvalue weighted by Crippen LogP contribution is -2.41. The van der Waals surface area contributed by atoms with Gasteiger partial charge in [-0.05, 0) is 36.1 Å². The highest BCUT2D eigenvalue weighted by Crippen LogP contribution is 2.25. The molecule has 3 aromatic carbocycles. The zero-order valence-corrected chi connectivity index (χ0v) is 20.3. The Morgan fingerprint density at radius 2 is 1.53 bits per heavy atom. The summed E-state index contributed by atoms with van der Waals surface area (Å²) in [4.78, 5) is 31.1. The molecule has 1 aliphatic heterocycles. The molecule has 1 N–H and O–H groups in total. The average molecular weight is 486 g/mol. The molecule has 8 heteroatoms. The number of nitrogens with zero attached hydrogens (tertiary/aromatic N) is 4. The maximum Gasteiger partial charge on any atom is 0.326 e. The van der Waals surface area contributed by atoms with Crippen molar-refractivity contribution >= 4 is 16.7 Å². The lowest BCUT2D eigenvalue weighted by atomic mass is 10.0. The minimum atomic E-state index is -0.362. The van der Waals surface area contributed by atoms with Gasteiger partial charge in [-0.3, -0.25) is 19.6 Å². The first kappa shape index (κ1) is 24.0. The van der Waals surface area contributed by atoms with Crippen molar-refractivity contribution < 1.29 is 4.92 Å². The topological polar surface area (TPSA) is 87.4 Å². The van der Waals surface area contributed by atoms with Gasteiger partial charge in [0.25, 0.3) is 5.69 Å². The summed E-state index contributed by atoms with van der Waals surface area (Å²) in [6.45, 7) is 5.28. The smallest absolute Gasteiger partial charge is 0.306 e. The second-order valence-electron chi connectivity index (χ2n) is 9.51. The number of aromatic nitrogens is 2. The Morgan fingerprint density at radius 1 is 0.889 bits per heavy atom. The molecule has 8 nitrogen and oxygen atoms in total. The van der Waals surface area contributed by atoms with Gasteiger partial charge < -0.3 is 9.88 Å². The third-order valence-corrected chi connectivity index (χ3v) is 7.08. The van der Waals surface area contributed by atoms with Crippen molar-refractivity contribution in [3.8, 4) is 0 Å². The van der Waals surface area contributed by atoms with E-state index in [0.717, 1.165) is 68.7 Å². The van der Waals surface area contributed by atoms with Gasteiger partial charge >= 0.3 is 5.69 Å². The van der Waals surface area contributed by atoms with Crippen molar-refractivity contribution in [1.82, 2.24) is 19.4 Å². The minimum absolute atomic E-state index is 0.0215. The van der Waals surface area contributed by atoms with Crippen LogP contribution in [0.4, 0.5) is 5.69 Å². The Labute approximate surface area is 209 Å². The summed E-state index contributed by atoms with van der Waals surface area (Å²) in [5.41, 5.74) is 4.29. The maximum atomic E-state index is 12.6. The van der Waals surface area contributed by atoms with Crippen LogP contribution >= 0.6 is 0 Å². The number of nitro benzene ring substituents is 1. The molecule has 1 aliphatic rings. The van der Waals surface area contributed by atoms with Crippen molar-refractivity contribution in [2.45, 2.75) is 32.0 Å². The lowest BCUT2D eigenvalue weighted by Gasteiger charge is -2.34. The molecule has 0 aliphatic carbocycles. The number of fused-ring (bicyclic) bond motifs is 1. The van der Waals surface area contributed by atoms with E-state index in [0.29, 0.717) is 0 Å². The standard InChI is InChI=1S/C28H31N5O3/c34-28-29-26-8-4-5-9-27(26)32(28)24-14-16-30(17-15-24)18-19-31(20-22-6-2-1-3-7-22)21-23-10-12-25(13-11-23)33(35)36/h1-13,24H,14-21H2,(H,29,34). The van der Waals surface area contributed by atoms with E-state index >= 15 is 0 Å². The van der Waals surface area contributed by atoms with Crippen molar-refractivity contribution in [2.24, 2.45) is 0 Å². The predicted octanol–water partition coefficient (Wildman–Crippen LogP) is 4.58. The molecule has 2 heterocycles. The average Bonchev–Trinajstić information content (AvgIpc) is 3.24. The second kappa shape index (κ2) is 10.9. The van der Waals surface area contributed by atoms with E-state index in [1.807, 2.05) is 47.0 Å². The zero-order valence-electron chi connectivity index (χ0n) is 20.3. The number of nitro groups is 1. The van der Waals surface area contributed by atoms with Gasteiger partial charge in [-0.1, -0.05) is 54.6 Å². The van der Waals surface area contributed by atoms with Crippen molar-refractivity contribution in [1.29, 1.82) is 0 Å². The number of likely N-dealkylation sites (tertiary alicyclic amines) is 1. The highest BCUT2D eigenvalue weighted by molar-refractivity contribution is 5.75. The highest BCUT2D eigenvalue weighted by atomic mass is 16.6. The molecule has 0 radical (unpaired) electrons. The second-order valence-corrected chi connectivity index (χ2v) is 9.51. The summed E-state index contributed by atoms with van der Waals surface area (Å²) in [7, 11) is 0. The number of nitrogens with one attached hydrogen (secondary N) is 1. The van der Waals surface area contributed by atoms with Crippen LogP contribution in [0, 0.1) is 10.1 Å². The van der Waals surface area contributed by atoms with Crippen molar-refractivity contribution in [3.63, 3.8) is 0 Å².